The minimum atomic E-state index is -1.29. The third-order valence-electron chi connectivity index (χ3n) is 3.22. The van der Waals surface area contributed by atoms with Crippen LogP contribution in [0, 0.1) is 0 Å². The van der Waals surface area contributed by atoms with E-state index >= 15 is 0 Å². The lowest BCUT2D eigenvalue weighted by Crippen LogP contribution is -2.25. The highest BCUT2D eigenvalue weighted by Gasteiger charge is 2.10. The van der Waals surface area contributed by atoms with Gasteiger partial charge in [-0.05, 0) is 36.4 Å². The average Bonchev–Trinajstić information content (AvgIpc) is 2.60. The number of rotatable bonds is 7. The molecular formula is C17H15N3O6. The van der Waals surface area contributed by atoms with Crippen molar-refractivity contribution in [3.05, 3.63) is 53.6 Å². The quantitative estimate of drug-likeness (QED) is 0.560. The van der Waals surface area contributed by atoms with Gasteiger partial charge in [-0.3, -0.25) is 9.59 Å². The molecule has 2 aromatic carbocycles. The summed E-state index contributed by atoms with van der Waals surface area (Å²) >= 11 is 0. The van der Waals surface area contributed by atoms with Crippen molar-refractivity contribution in [2.45, 2.75) is 6.42 Å². The van der Waals surface area contributed by atoms with E-state index in [1.165, 1.54) is 30.3 Å². The van der Waals surface area contributed by atoms with Crippen molar-refractivity contribution in [2.24, 2.45) is 10.2 Å². The molecule has 2 rings (SSSR count). The minimum absolute atomic E-state index is 0.00534. The number of azo groups is 1. The molecule has 0 radical (unpaired) electrons. The van der Waals surface area contributed by atoms with E-state index in [1.54, 1.807) is 12.1 Å². The lowest BCUT2D eigenvalue weighted by atomic mass is 10.2. The van der Waals surface area contributed by atoms with Crippen LogP contribution < -0.4 is 5.32 Å². The molecule has 0 aromatic heterocycles. The summed E-state index contributed by atoms with van der Waals surface area (Å²) in [6, 6.07) is 9.94. The number of aromatic carboxylic acids is 1. The summed E-state index contributed by atoms with van der Waals surface area (Å²) in [6.45, 7) is 0.00534. The van der Waals surface area contributed by atoms with Crippen molar-refractivity contribution in [3.8, 4) is 5.75 Å². The summed E-state index contributed by atoms with van der Waals surface area (Å²) in [7, 11) is 0. The molecule has 0 fully saturated rings. The van der Waals surface area contributed by atoms with E-state index in [4.69, 9.17) is 10.2 Å². The van der Waals surface area contributed by atoms with Gasteiger partial charge in [0.1, 0.15) is 11.3 Å². The van der Waals surface area contributed by atoms with Crippen molar-refractivity contribution in [3.63, 3.8) is 0 Å². The molecule has 0 aliphatic carbocycles. The first kappa shape index (κ1) is 18.6. The highest BCUT2D eigenvalue weighted by Crippen LogP contribution is 2.25. The standard InChI is InChI=1S/C17H15N3O6/c21-14-5-4-12(9-13(14)17(25)26)20-19-11-3-1-2-10(8-11)16(24)18-7-6-15(22)23/h1-5,8-9,21H,6-7H2,(H,18,24)(H,22,23)(H,25,26). The van der Waals surface area contributed by atoms with Gasteiger partial charge < -0.3 is 20.6 Å². The van der Waals surface area contributed by atoms with Gasteiger partial charge in [-0.2, -0.15) is 10.2 Å². The lowest BCUT2D eigenvalue weighted by Gasteiger charge is -2.04. The maximum absolute atomic E-state index is 11.9. The largest absolute Gasteiger partial charge is 0.507 e. The van der Waals surface area contributed by atoms with Gasteiger partial charge >= 0.3 is 11.9 Å². The van der Waals surface area contributed by atoms with Crippen molar-refractivity contribution < 1.29 is 29.7 Å². The van der Waals surface area contributed by atoms with E-state index in [0.717, 1.165) is 0 Å². The molecule has 1 amide bonds. The van der Waals surface area contributed by atoms with Crippen LogP contribution >= 0.6 is 0 Å². The summed E-state index contributed by atoms with van der Waals surface area (Å²) in [4.78, 5) is 33.4. The first-order chi connectivity index (χ1) is 12.4. The molecule has 0 unspecified atom stereocenters. The number of carboxylic acids is 2. The number of carbonyl (C=O) groups excluding carboxylic acids is 1. The van der Waals surface area contributed by atoms with Crippen LogP contribution in [0.4, 0.5) is 11.4 Å². The Morgan fingerprint density at radius 1 is 0.962 bits per heavy atom. The number of hydrogen-bond donors (Lipinski definition) is 4. The Balaban J connectivity index is 2.12. The second-order valence-corrected chi connectivity index (χ2v) is 5.16. The van der Waals surface area contributed by atoms with Crippen LogP contribution in [0.1, 0.15) is 27.1 Å². The fourth-order valence-corrected chi connectivity index (χ4v) is 1.97. The SMILES string of the molecule is O=C(O)CCNC(=O)c1cccc(N=Nc2ccc(O)c(C(=O)O)c2)c1. The number of aliphatic carboxylic acids is 1. The average molecular weight is 357 g/mol. The van der Waals surface area contributed by atoms with E-state index in [1.807, 2.05) is 0 Å². The summed E-state index contributed by atoms with van der Waals surface area (Å²) in [6.07, 6.45) is -0.183. The molecular weight excluding hydrogens is 342 g/mol. The first-order valence-corrected chi connectivity index (χ1v) is 7.45. The summed E-state index contributed by atoms with van der Waals surface area (Å²) in [5.74, 6) is -3.13. The van der Waals surface area contributed by atoms with Crippen molar-refractivity contribution >= 4 is 29.2 Å². The third-order valence-corrected chi connectivity index (χ3v) is 3.22. The van der Waals surface area contributed by atoms with E-state index in [2.05, 4.69) is 15.5 Å². The number of amides is 1. The topological polar surface area (TPSA) is 149 Å². The molecule has 0 spiro atoms. The molecule has 9 nitrogen and oxygen atoms in total. The van der Waals surface area contributed by atoms with Crippen LogP contribution in [0.25, 0.3) is 0 Å². The molecule has 4 N–H and O–H groups in total. The normalized spacial score (nSPS) is 10.6. The number of carbonyl (C=O) groups is 3. The van der Waals surface area contributed by atoms with Crippen molar-refractivity contribution in [1.82, 2.24) is 5.32 Å². The molecule has 0 heterocycles. The van der Waals surface area contributed by atoms with Crippen molar-refractivity contribution in [2.75, 3.05) is 6.54 Å². The Labute approximate surface area is 147 Å². The predicted octanol–water partition coefficient (Wildman–Crippen LogP) is 2.71. The van der Waals surface area contributed by atoms with Gasteiger partial charge in [0.15, 0.2) is 0 Å². The molecule has 2 aromatic rings. The number of nitrogens with one attached hydrogen (secondary N) is 1. The van der Waals surface area contributed by atoms with Crippen LogP contribution in [0.3, 0.4) is 0 Å². The highest BCUT2D eigenvalue weighted by molar-refractivity contribution is 5.95. The van der Waals surface area contributed by atoms with Gasteiger partial charge in [0.05, 0.1) is 17.8 Å². The molecule has 0 aliphatic heterocycles. The Hall–Kier alpha value is -3.75. The molecule has 0 saturated heterocycles. The van der Waals surface area contributed by atoms with E-state index < -0.39 is 17.8 Å². The molecule has 9 heteroatoms. The monoisotopic (exact) mass is 357 g/mol. The molecule has 134 valence electrons. The van der Waals surface area contributed by atoms with E-state index in [9.17, 15) is 19.5 Å². The van der Waals surface area contributed by atoms with Gasteiger partial charge in [-0.1, -0.05) is 6.07 Å². The zero-order chi connectivity index (χ0) is 19.1. The first-order valence-electron chi connectivity index (χ1n) is 7.45. The Morgan fingerprint density at radius 2 is 1.65 bits per heavy atom. The molecule has 0 aliphatic rings. The number of aromatic hydroxyl groups is 1. The van der Waals surface area contributed by atoms with Crippen LogP contribution in [-0.4, -0.2) is 39.7 Å². The number of phenols is 1. The van der Waals surface area contributed by atoms with Crippen LogP contribution in [0.2, 0.25) is 0 Å². The number of carboxylic acid groups (broad SMARTS) is 2. The van der Waals surface area contributed by atoms with Crippen LogP contribution in [0.5, 0.6) is 5.75 Å². The van der Waals surface area contributed by atoms with Gasteiger partial charge in [0.2, 0.25) is 0 Å². The molecule has 0 atom stereocenters. The second-order valence-electron chi connectivity index (χ2n) is 5.16. The lowest BCUT2D eigenvalue weighted by molar-refractivity contribution is -0.136. The maximum Gasteiger partial charge on any atom is 0.339 e. The van der Waals surface area contributed by atoms with Gasteiger partial charge in [0, 0.05) is 12.1 Å². The van der Waals surface area contributed by atoms with E-state index in [0.29, 0.717) is 5.69 Å². The Bertz CT molecular complexity index is 879. The number of benzene rings is 2. The second kappa shape index (κ2) is 8.38. The van der Waals surface area contributed by atoms with Gasteiger partial charge in [-0.25, -0.2) is 4.79 Å². The summed E-state index contributed by atoms with van der Waals surface area (Å²) in [5.41, 5.74) is 0.550. The van der Waals surface area contributed by atoms with E-state index in [-0.39, 0.29) is 35.5 Å². The summed E-state index contributed by atoms with van der Waals surface area (Å²) < 4.78 is 0. The van der Waals surface area contributed by atoms with Crippen LogP contribution in [-0.2, 0) is 4.79 Å². The molecule has 0 bridgehead atoms. The fourth-order valence-electron chi connectivity index (χ4n) is 1.97. The third kappa shape index (κ3) is 5.13. The van der Waals surface area contributed by atoms with Gasteiger partial charge in [-0.15, -0.1) is 0 Å². The number of hydrogen-bond acceptors (Lipinski definition) is 6. The minimum Gasteiger partial charge on any atom is -0.507 e. The maximum atomic E-state index is 11.9. The summed E-state index contributed by atoms with van der Waals surface area (Å²) in [5, 5.41) is 37.3. The van der Waals surface area contributed by atoms with Gasteiger partial charge in [0.25, 0.3) is 5.91 Å². The zero-order valence-electron chi connectivity index (χ0n) is 13.4. The smallest absolute Gasteiger partial charge is 0.339 e. The van der Waals surface area contributed by atoms with Crippen LogP contribution in [0.15, 0.2) is 52.7 Å². The Kier molecular flexibility index (Phi) is 5.99. The Morgan fingerprint density at radius 3 is 2.31 bits per heavy atom. The van der Waals surface area contributed by atoms with Crippen molar-refractivity contribution in [1.29, 1.82) is 0 Å². The predicted molar refractivity (Wildman–Crippen MR) is 90.3 cm³/mol. The fraction of sp³-hybridized carbons (Fsp3) is 0.118. The zero-order valence-corrected chi connectivity index (χ0v) is 13.4. The highest BCUT2D eigenvalue weighted by atomic mass is 16.4. The number of nitrogens with zero attached hydrogens (tertiary/aromatic N) is 2. The molecule has 26 heavy (non-hydrogen) atoms. The molecule has 0 saturated carbocycles.